The molecule has 1 unspecified atom stereocenters. The minimum atomic E-state index is -1.66. The van der Waals surface area contributed by atoms with Gasteiger partial charge in [0, 0.05) is 29.7 Å². The zero-order valence-electron chi connectivity index (χ0n) is 21.8. The Morgan fingerprint density at radius 1 is 1.05 bits per heavy atom. The molecular weight excluding hydrogens is 478 g/mol. The highest BCUT2D eigenvalue weighted by Crippen LogP contribution is 2.43. The van der Waals surface area contributed by atoms with E-state index in [1.54, 1.807) is 30.3 Å². The summed E-state index contributed by atoms with van der Waals surface area (Å²) in [4.78, 5) is 37.4. The third-order valence-electron chi connectivity index (χ3n) is 7.27. The number of H-pyrrole nitrogens is 1. The first-order valence-corrected chi connectivity index (χ1v) is 13.1. The number of nitrogens with one attached hydrogen (secondary N) is 2. The summed E-state index contributed by atoms with van der Waals surface area (Å²) in [6.07, 6.45) is 1.18. The molecule has 2 amide bonds. The van der Waals surface area contributed by atoms with Gasteiger partial charge in [0.1, 0.15) is 0 Å². The van der Waals surface area contributed by atoms with Gasteiger partial charge in [0.05, 0.1) is 11.0 Å². The van der Waals surface area contributed by atoms with Crippen molar-refractivity contribution in [3.8, 4) is 0 Å². The Morgan fingerprint density at radius 2 is 1.79 bits per heavy atom. The van der Waals surface area contributed by atoms with Gasteiger partial charge in [0.15, 0.2) is 5.72 Å². The van der Waals surface area contributed by atoms with Crippen molar-refractivity contribution in [2.24, 2.45) is 0 Å². The van der Waals surface area contributed by atoms with Gasteiger partial charge in [-0.05, 0) is 49.8 Å². The lowest BCUT2D eigenvalue weighted by Gasteiger charge is -2.35. The normalized spacial score (nSPS) is 16.8. The summed E-state index contributed by atoms with van der Waals surface area (Å²) in [7, 11) is 0. The number of carbonyl (C=O) groups excluding carboxylic acids is 2. The van der Waals surface area contributed by atoms with Crippen molar-refractivity contribution in [3.63, 3.8) is 0 Å². The van der Waals surface area contributed by atoms with Gasteiger partial charge in [-0.1, -0.05) is 68.4 Å². The third-order valence-corrected chi connectivity index (χ3v) is 7.27. The molecule has 1 aliphatic heterocycles. The van der Waals surface area contributed by atoms with Gasteiger partial charge < -0.3 is 15.0 Å². The molecule has 4 aromatic rings. The van der Waals surface area contributed by atoms with E-state index >= 15 is 0 Å². The van der Waals surface area contributed by atoms with Crippen LogP contribution >= 0.6 is 0 Å². The van der Waals surface area contributed by atoms with Crippen molar-refractivity contribution in [3.05, 3.63) is 95.1 Å². The van der Waals surface area contributed by atoms with Crippen LogP contribution in [0.25, 0.3) is 11.0 Å². The summed E-state index contributed by atoms with van der Waals surface area (Å²) in [5.74, 6) is 0.0344. The van der Waals surface area contributed by atoms with Crippen molar-refractivity contribution < 1.29 is 14.7 Å². The molecule has 0 aliphatic carbocycles. The number of hydrogen-bond donors (Lipinski definition) is 3. The van der Waals surface area contributed by atoms with E-state index in [2.05, 4.69) is 34.0 Å². The molecule has 8 heteroatoms. The number of aliphatic hydroxyl groups is 1. The van der Waals surface area contributed by atoms with Gasteiger partial charge in [-0.15, -0.1) is 0 Å². The Labute approximate surface area is 222 Å². The number of nitrogens with zero attached hydrogens (tertiary/aromatic N) is 3. The maximum absolute atomic E-state index is 13.4. The number of amides is 2. The van der Waals surface area contributed by atoms with Gasteiger partial charge in [-0.3, -0.25) is 19.8 Å². The number of rotatable bonds is 10. The Hall–Kier alpha value is -4.01. The molecule has 0 radical (unpaired) electrons. The van der Waals surface area contributed by atoms with Crippen LogP contribution in [-0.4, -0.2) is 56.3 Å². The first-order chi connectivity index (χ1) is 18.4. The molecule has 2 heterocycles. The highest BCUT2D eigenvalue weighted by Gasteiger charge is 2.49. The fourth-order valence-electron chi connectivity index (χ4n) is 5.15. The summed E-state index contributed by atoms with van der Waals surface area (Å²) in [6, 6.07) is 22.2. The number of aromatic amines is 1. The van der Waals surface area contributed by atoms with E-state index in [1.807, 2.05) is 42.5 Å². The largest absolute Gasteiger partial charge is 0.363 e. The zero-order valence-corrected chi connectivity index (χ0v) is 21.8. The highest BCUT2D eigenvalue weighted by molar-refractivity contribution is 6.00. The first kappa shape index (κ1) is 25.6. The molecule has 1 aliphatic rings. The molecule has 0 bridgehead atoms. The number of fused-ring (bicyclic) bond motifs is 2. The first-order valence-electron chi connectivity index (χ1n) is 13.1. The van der Waals surface area contributed by atoms with E-state index in [-0.39, 0.29) is 18.4 Å². The van der Waals surface area contributed by atoms with Crippen molar-refractivity contribution >= 4 is 28.8 Å². The van der Waals surface area contributed by atoms with Crippen LogP contribution in [0.1, 0.15) is 53.7 Å². The van der Waals surface area contributed by atoms with E-state index in [0.29, 0.717) is 34.6 Å². The van der Waals surface area contributed by atoms with E-state index in [9.17, 15) is 14.7 Å². The predicted molar refractivity (Wildman–Crippen MR) is 148 cm³/mol. The Balaban J connectivity index is 1.41. The van der Waals surface area contributed by atoms with Crippen molar-refractivity contribution in [1.29, 1.82) is 0 Å². The Morgan fingerprint density at radius 3 is 2.55 bits per heavy atom. The highest BCUT2D eigenvalue weighted by atomic mass is 16.3. The second-order valence-corrected chi connectivity index (χ2v) is 9.59. The fourth-order valence-corrected chi connectivity index (χ4v) is 5.15. The van der Waals surface area contributed by atoms with Crippen LogP contribution in [-0.2, 0) is 17.1 Å². The quantitative estimate of drug-likeness (QED) is 0.292. The van der Waals surface area contributed by atoms with Gasteiger partial charge in [-0.2, -0.15) is 0 Å². The molecule has 5 rings (SSSR count). The van der Waals surface area contributed by atoms with Crippen LogP contribution < -0.4 is 5.32 Å². The fraction of sp³-hybridized carbons (Fsp3) is 0.300. The molecule has 38 heavy (non-hydrogen) atoms. The van der Waals surface area contributed by atoms with E-state index < -0.39 is 5.72 Å². The number of aromatic nitrogens is 2. The zero-order chi connectivity index (χ0) is 26.7. The standard InChI is InChI=1S/C30H33N5O3/c1-3-34(4-2)18-10-15-27(36)33-29-31-25-17-16-22(19-26(25)32-29)30(38)24-14-9-8-13-23(24)28(37)35(30)20-21-11-6-5-7-12-21/h5-9,11-14,16-17,19,38H,3-4,10,15,18,20H2,1-2H3,(H2,31,32,33,36). The molecule has 1 aromatic heterocycles. The third kappa shape index (κ3) is 4.80. The number of benzene rings is 3. The maximum atomic E-state index is 13.4. The number of imidazole rings is 1. The molecule has 0 spiro atoms. The number of anilines is 1. The van der Waals surface area contributed by atoms with Crippen molar-refractivity contribution in [2.45, 2.75) is 39.0 Å². The summed E-state index contributed by atoms with van der Waals surface area (Å²) in [5, 5.41) is 15.0. The van der Waals surface area contributed by atoms with E-state index in [4.69, 9.17) is 0 Å². The molecular formula is C30H33N5O3. The summed E-state index contributed by atoms with van der Waals surface area (Å²) >= 11 is 0. The minimum Gasteiger partial charge on any atom is -0.363 e. The minimum absolute atomic E-state index is 0.0978. The summed E-state index contributed by atoms with van der Waals surface area (Å²) in [5.41, 5.74) is 2.11. The molecule has 0 saturated carbocycles. The monoisotopic (exact) mass is 511 g/mol. The van der Waals surface area contributed by atoms with Crippen molar-refractivity contribution in [1.82, 2.24) is 19.8 Å². The Bertz CT molecular complexity index is 1450. The summed E-state index contributed by atoms with van der Waals surface area (Å²) < 4.78 is 0. The van der Waals surface area contributed by atoms with Crippen LogP contribution in [0.2, 0.25) is 0 Å². The average Bonchev–Trinajstić information content (AvgIpc) is 3.44. The average molecular weight is 512 g/mol. The predicted octanol–water partition coefficient (Wildman–Crippen LogP) is 4.47. The molecule has 3 N–H and O–H groups in total. The van der Waals surface area contributed by atoms with Gasteiger partial charge in [-0.25, -0.2) is 4.98 Å². The van der Waals surface area contributed by atoms with Gasteiger partial charge >= 0.3 is 0 Å². The van der Waals surface area contributed by atoms with Gasteiger partial charge in [0.2, 0.25) is 11.9 Å². The number of carbonyl (C=O) groups is 2. The number of hydrogen-bond acceptors (Lipinski definition) is 5. The second kappa shape index (κ2) is 10.8. The van der Waals surface area contributed by atoms with Crippen LogP contribution in [0.3, 0.4) is 0 Å². The molecule has 0 fully saturated rings. The molecule has 8 nitrogen and oxygen atoms in total. The van der Waals surface area contributed by atoms with Crippen LogP contribution in [0.15, 0.2) is 72.8 Å². The van der Waals surface area contributed by atoms with Crippen LogP contribution in [0, 0.1) is 0 Å². The van der Waals surface area contributed by atoms with E-state index in [1.165, 1.54) is 4.90 Å². The molecule has 3 aromatic carbocycles. The van der Waals surface area contributed by atoms with Crippen molar-refractivity contribution in [2.75, 3.05) is 25.0 Å². The SMILES string of the molecule is CCN(CC)CCCC(=O)Nc1nc2cc(C3(O)c4ccccc4C(=O)N3Cc3ccccc3)ccc2[nH]1. The maximum Gasteiger partial charge on any atom is 0.257 e. The van der Waals surface area contributed by atoms with Crippen LogP contribution in [0.5, 0.6) is 0 Å². The summed E-state index contributed by atoms with van der Waals surface area (Å²) in [6.45, 7) is 7.29. The topological polar surface area (TPSA) is 102 Å². The Kier molecular flexibility index (Phi) is 7.26. The van der Waals surface area contributed by atoms with E-state index in [0.717, 1.165) is 37.1 Å². The lowest BCUT2D eigenvalue weighted by Crippen LogP contribution is -2.44. The lowest BCUT2D eigenvalue weighted by molar-refractivity contribution is -0.116. The lowest BCUT2D eigenvalue weighted by atomic mass is 9.93. The van der Waals surface area contributed by atoms with Gasteiger partial charge in [0.25, 0.3) is 5.91 Å². The smallest absolute Gasteiger partial charge is 0.257 e. The molecule has 0 saturated heterocycles. The second-order valence-electron chi connectivity index (χ2n) is 9.59. The molecule has 1 atom stereocenters. The molecule has 196 valence electrons. The van der Waals surface area contributed by atoms with Crippen LogP contribution in [0.4, 0.5) is 5.95 Å².